The molecule has 0 bridgehead atoms. The number of nitrogens with zero attached hydrogens (tertiary/aromatic N) is 3. The average Bonchev–Trinajstić information content (AvgIpc) is 2.05. The predicted octanol–water partition coefficient (Wildman–Crippen LogP) is 0.904. The van der Waals surface area contributed by atoms with E-state index in [1.54, 1.807) is 19.0 Å². The van der Waals surface area contributed by atoms with Crippen LogP contribution in [0.15, 0.2) is 0 Å². The van der Waals surface area contributed by atoms with Crippen LogP contribution in [0.1, 0.15) is 13.3 Å². The van der Waals surface area contributed by atoms with Crippen LogP contribution in [0.4, 0.5) is 4.79 Å². The summed E-state index contributed by atoms with van der Waals surface area (Å²) in [6.45, 7) is 3.07. The molecule has 2 amide bonds. The Balaban J connectivity index is 3.98. The molecule has 0 aromatic heterocycles. The fraction of sp³-hybridized carbons (Fsp3) is 0.750. The number of carbonyl (C=O) groups excluding carboxylic acids is 1. The third-order valence-corrected chi connectivity index (χ3v) is 1.53. The molecular formula is C8H15N3O. The van der Waals surface area contributed by atoms with Crippen LogP contribution < -0.4 is 0 Å². The number of amides is 2. The van der Waals surface area contributed by atoms with E-state index in [2.05, 4.69) is 0 Å². The second kappa shape index (κ2) is 5.42. The van der Waals surface area contributed by atoms with Crippen molar-refractivity contribution < 1.29 is 4.79 Å². The minimum absolute atomic E-state index is 0.0345. The molecule has 0 atom stereocenters. The third-order valence-electron chi connectivity index (χ3n) is 1.53. The molecule has 0 aromatic carbocycles. The first-order valence-corrected chi connectivity index (χ1v) is 3.96. The molecule has 0 rings (SSSR count). The summed E-state index contributed by atoms with van der Waals surface area (Å²) in [5.41, 5.74) is 0. The van der Waals surface area contributed by atoms with E-state index in [4.69, 9.17) is 5.26 Å². The highest BCUT2D eigenvalue weighted by atomic mass is 16.2. The molecule has 12 heavy (non-hydrogen) atoms. The Morgan fingerprint density at radius 2 is 2.08 bits per heavy atom. The zero-order chi connectivity index (χ0) is 9.56. The summed E-state index contributed by atoms with van der Waals surface area (Å²) in [5, 5.41) is 8.33. The molecule has 68 valence electrons. The van der Waals surface area contributed by atoms with Crippen LogP contribution in [0, 0.1) is 11.3 Å². The van der Waals surface area contributed by atoms with Crippen molar-refractivity contribution in [2.45, 2.75) is 13.3 Å². The highest BCUT2D eigenvalue weighted by Gasteiger charge is 2.11. The summed E-state index contributed by atoms with van der Waals surface area (Å²) >= 11 is 0. The lowest BCUT2D eigenvalue weighted by Gasteiger charge is -2.23. The number of rotatable bonds is 3. The Morgan fingerprint density at radius 3 is 2.42 bits per heavy atom. The van der Waals surface area contributed by atoms with E-state index in [0.29, 0.717) is 19.5 Å². The van der Waals surface area contributed by atoms with E-state index >= 15 is 0 Å². The van der Waals surface area contributed by atoms with Gasteiger partial charge in [-0.15, -0.1) is 0 Å². The van der Waals surface area contributed by atoms with Gasteiger partial charge in [0.05, 0.1) is 12.5 Å². The monoisotopic (exact) mass is 169 g/mol. The van der Waals surface area contributed by atoms with E-state index in [1.807, 2.05) is 13.0 Å². The van der Waals surface area contributed by atoms with Crippen LogP contribution in [-0.2, 0) is 0 Å². The third kappa shape index (κ3) is 3.24. The molecule has 0 aliphatic heterocycles. The quantitative estimate of drug-likeness (QED) is 0.630. The molecule has 0 heterocycles. The first-order valence-electron chi connectivity index (χ1n) is 3.96. The van der Waals surface area contributed by atoms with Gasteiger partial charge in [0.2, 0.25) is 0 Å². The molecule has 0 aliphatic rings. The van der Waals surface area contributed by atoms with Gasteiger partial charge in [0, 0.05) is 27.2 Å². The van der Waals surface area contributed by atoms with E-state index in [-0.39, 0.29) is 6.03 Å². The highest BCUT2D eigenvalue weighted by Crippen LogP contribution is 1.95. The summed E-state index contributed by atoms with van der Waals surface area (Å²) < 4.78 is 0. The lowest BCUT2D eigenvalue weighted by molar-refractivity contribution is 0.175. The van der Waals surface area contributed by atoms with Gasteiger partial charge in [0.15, 0.2) is 0 Å². The normalized spacial score (nSPS) is 8.83. The number of hydrogen-bond acceptors (Lipinski definition) is 2. The molecule has 0 aromatic rings. The molecule has 0 saturated heterocycles. The molecular weight excluding hydrogens is 154 g/mol. The molecule has 0 fully saturated rings. The Hall–Kier alpha value is -1.24. The van der Waals surface area contributed by atoms with Crippen molar-refractivity contribution >= 4 is 6.03 Å². The lowest BCUT2D eigenvalue weighted by Crippen LogP contribution is -2.39. The molecule has 0 saturated carbocycles. The SMILES string of the molecule is CCN(CCC#N)C(=O)N(C)C. The summed E-state index contributed by atoms with van der Waals surface area (Å²) in [4.78, 5) is 14.5. The molecule has 0 radical (unpaired) electrons. The van der Waals surface area contributed by atoms with Crippen LogP contribution in [0.25, 0.3) is 0 Å². The van der Waals surface area contributed by atoms with E-state index in [1.165, 1.54) is 4.90 Å². The number of urea groups is 1. The molecule has 0 unspecified atom stereocenters. The lowest BCUT2D eigenvalue weighted by atomic mass is 10.4. The van der Waals surface area contributed by atoms with Crippen molar-refractivity contribution in [2.24, 2.45) is 0 Å². The van der Waals surface area contributed by atoms with Gasteiger partial charge in [-0.25, -0.2) is 4.79 Å². The van der Waals surface area contributed by atoms with Crippen LogP contribution in [-0.4, -0.2) is 43.0 Å². The largest absolute Gasteiger partial charge is 0.331 e. The van der Waals surface area contributed by atoms with Crippen molar-refractivity contribution in [3.8, 4) is 6.07 Å². The fourth-order valence-corrected chi connectivity index (χ4v) is 0.857. The maximum absolute atomic E-state index is 11.3. The molecule has 0 N–H and O–H groups in total. The first kappa shape index (κ1) is 10.8. The molecule has 0 spiro atoms. The van der Waals surface area contributed by atoms with Crippen molar-refractivity contribution in [1.29, 1.82) is 5.26 Å². The zero-order valence-electron chi connectivity index (χ0n) is 7.87. The van der Waals surface area contributed by atoms with E-state index in [0.717, 1.165) is 0 Å². The highest BCUT2D eigenvalue weighted by molar-refractivity contribution is 5.73. The van der Waals surface area contributed by atoms with Crippen LogP contribution >= 0.6 is 0 Å². The van der Waals surface area contributed by atoms with Gasteiger partial charge in [-0.3, -0.25) is 0 Å². The summed E-state index contributed by atoms with van der Waals surface area (Å²) in [7, 11) is 3.41. The van der Waals surface area contributed by atoms with Crippen LogP contribution in [0.2, 0.25) is 0 Å². The second-order valence-corrected chi connectivity index (χ2v) is 2.66. The van der Waals surface area contributed by atoms with E-state index in [9.17, 15) is 4.79 Å². The smallest absolute Gasteiger partial charge is 0.319 e. The van der Waals surface area contributed by atoms with Crippen molar-refractivity contribution in [1.82, 2.24) is 9.80 Å². The fourth-order valence-electron chi connectivity index (χ4n) is 0.857. The van der Waals surface area contributed by atoms with Gasteiger partial charge >= 0.3 is 6.03 Å². The van der Waals surface area contributed by atoms with Gasteiger partial charge in [-0.05, 0) is 6.92 Å². The van der Waals surface area contributed by atoms with Crippen LogP contribution in [0.5, 0.6) is 0 Å². The maximum Gasteiger partial charge on any atom is 0.319 e. The minimum atomic E-state index is -0.0345. The second-order valence-electron chi connectivity index (χ2n) is 2.66. The van der Waals surface area contributed by atoms with Crippen molar-refractivity contribution in [2.75, 3.05) is 27.2 Å². The first-order chi connectivity index (χ1) is 5.63. The van der Waals surface area contributed by atoms with E-state index < -0.39 is 0 Å². The average molecular weight is 169 g/mol. The van der Waals surface area contributed by atoms with Gasteiger partial charge in [0.1, 0.15) is 0 Å². The minimum Gasteiger partial charge on any atom is -0.331 e. The topological polar surface area (TPSA) is 47.3 Å². The molecule has 4 nitrogen and oxygen atoms in total. The van der Waals surface area contributed by atoms with Gasteiger partial charge in [0.25, 0.3) is 0 Å². The predicted molar refractivity (Wildman–Crippen MR) is 46.6 cm³/mol. The summed E-state index contributed by atoms with van der Waals surface area (Å²) in [6.07, 6.45) is 0.396. The van der Waals surface area contributed by atoms with Gasteiger partial charge in [-0.1, -0.05) is 0 Å². The number of carbonyl (C=O) groups is 1. The van der Waals surface area contributed by atoms with Gasteiger partial charge in [-0.2, -0.15) is 5.26 Å². The van der Waals surface area contributed by atoms with Crippen molar-refractivity contribution in [3.63, 3.8) is 0 Å². The molecule has 4 heteroatoms. The standard InChI is InChI=1S/C8H15N3O/c1-4-11(7-5-6-9)8(12)10(2)3/h4-5,7H2,1-3H3. The number of hydrogen-bond donors (Lipinski definition) is 0. The maximum atomic E-state index is 11.3. The molecule has 0 aliphatic carbocycles. The number of nitriles is 1. The Bertz CT molecular complexity index is 183. The Kier molecular flexibility index (Phi) is 4.86. The van der Waals surface area contributed by atoms with Gasteiger partial charge < -0.3 is 9.80 Å². The van der Waals surface area contributed by atoms with Crippen LogP contribution in [0.3, 0.4) is 0 Å². The van der Waals surface area contributed by atoms with Crippen molar-refractivity contribution in [3.05, 3.63) is 0 Å². The summed E-state index contributed by atoms with van der Waals surface area (Å²) in [5.74, 6) is 0. The summed E-state index contributed by atoms with van der Waals surface area (Å²) in [6, 6.07) is 1.98. The Labute approximate surface area is 73.4 Å². The Morgan fingerprint density at radius 1 is 1.50 bits per heavy atom. The zero-order valence-corrected chi connectivity index (χ0v) is 7.87.